The molecule has 2 heterocycles. The van der Waals surface area contributed by atoms with Crippen molar-refractivity contribution in [2.45, 2.75) is 50.2 Å². The van der Waals surface area contributed by atoms with E-state index in [0.717, 1.165) is 53.2 Å². The monoisotopic (exact) mass is 306 g/mol. The highest BCUT2D eigenvalue weighted by Crippen LogP contribution is 2.29. The molecule has 2 aromatic rings. The molecule has 0 spiro atoms. The summed E-state index contributed by atoms with van der Waals surface area (Å²) in [6.07, 6.45) is 4.54. The maximum atomic E-state index is 4.68. The Morgan fingerprint density at radius 1 is 1.24 bits per heavy atom. The second kappa shape index (κ2) is 7.40. The van der Waals surface area contributed by atoms with Crippen molar-refractivity contribution < 1.29 is 0 Å². The predicted octanol–water partition coefficient (Wildman–Crippen LogP) is 2.84. The molecule has 2 aromatic heterocycles. The Kier molecular flexibility index (Phi) is 5.55. The maximum absolute atomic E-state index is 4.68. The number of hydrogen-bond acceptors (Lipinski definition) is 6. The zero-order valence-corrected chi connectivity index (χ0v) is 13.9. The van der Waals surface area contributed by atoms with Gasteiger partial charge in [-0.05, 0) is 31.5 Å². The molecule has 2 rings (SSSR count). The summed E-state index contributed by atoms with van der Waals surface area (Å²) in [6, 6.07) is 0. The van der Waals surface area contributed by atoms with Crippen molar-refractivity contribution in [2.24, 2.45) is 7.05 Å². The van der Waals surface area contributed by atoms with Gasteiger partial charge >= 0.3 is 0 Å². The molecule has 0 radical (unpaired) electrons. The van der Waals surface area contributed by atoms with Crippen LogP contribution in [0.4, 0.5) is 5.82 Å². The lowest BCUT2D eigenvalue weighted by molar-refractivity contribution is 0.683. The molecule has 114 valence electrons. The molecular formula is C14H22N6S. The fraction of sp³-hybridized carbons (Fsp3) is 0.571. The van der Waals surface area contributed by atoms with Gasteiger partial charge in [0, 0.05) is 25.6 Å². The number of nitrogens with one attached hydrogen (secondary N) is 1. The van der Waals surface area contributed by atoms with Gasteiger partial charge in [0.05, 0.1) is 0 Å². The Hall–Kier alpha value is -1.63. The molecule has 0 aliphatic rings. The number of anilines is 1. The molecule has 0 aliphatic heterocycles. The van der Waals surface area contributed by atoms with Gasteiger partial charge in [0.2, 0.25) is 0 Å². The second-order valence-corrected chi connectivity index (χ2v) is 5.82. The van der Waals surface area contributed by atoms with Crippen LogP contribution in [0.5, 0.6) is 0 Å². The molecule has 6 nitrogen and oxygen atoms in total. The van der Waals surface area contributed by atoms with Crippen LogP contribution < -0.4 is 5.32 Å². The van der Waals surface area contributed by atoms with Crippen LogP contribution in [0.2, 0.25) is 0 Å². The van der Waals surface area contributed by atoms with Gasteiger partial charge in [0.15, 0.2) is 5.16 Å². The molecule has 0 fully saturated rings. The third kappa shape index (κ3) is 3.93. The highest BCUT2D eigenvalue weighted by molar-refractivity contribution is 7.99. The van der Waals surface area contributed by atoms with Gasteiger partial charge in [-0.15, -0.1) is 0 Å². The Labute approximate surface area is 129 Å². The van der Waals surface area contributed by atoms with E-state index in [9.17, 15) is 0 Å². The number of hydrogen-bond donors (Lipinski definition) is 1. The standard InChI is InChI=1S/C14H22N6S/c1-5-7-11-18-12(15-8-6-2)10(3)13(19-11)21-14-16-9-17-20(14)4/h9H,5-8H2,1-4H3,(H,15,18,19). The molecule has 0 saturated heterocycles. The van der Waals surface area contributed by atoms with Gasteiger partial charge in [-0.25, -0.2) is 19.6 Å². The van der Waals surface area contributed by atoms with E-state index in [0.29, 0.717) is 0 Å². The van der Waals surface area contributed by atoms with E-state index in [1.165, 1.54) is 11.8 Å². The highest BCUT2D eigenvalue weighted by Gasteiger charge is 2.14. The van der Waals surface area contributed by atoms with Gasteiger partial charge < -0.3 is 5.32 Å². The third-order valence-electron chi connectivity index (χ3n) is 3.02. The average Bonchev–Trinajstić information content (AvgIpc) is 2.86. The number of rotatable bonds is 7. The van der Waals surface area contributed by atoms with Crippen molar-refractivity contribution in [1.82, 2.24) is 24.7 Å². The summed E-state index contributed by atoms with van der Waals surface area (Å²) in [5, 5.41) is 9.27. The van der Waals surface area contributed by atoms with E-state index in [1.54, 1.807) is 11.0 Å². The minimum Gasteiger partial charge on any atom is -0.370 e. The van der Waals surface area contributed by atoms with E-state index < -0.39 is 0 Å². The predicted molar refractivity (Wildman–Crippen MR) is 84.7 cm³/mol. The summed E-state index contributed by atoms with van der Waals surface area (Å²) < 4.78 is 1.75. The van der Waals surface area contributed by atoms with Crippen LogP contribution in [0.3, 0.4) is 0 Å². The molecule has 7 heteroatoms. The molecule has 0 atom stereocenters. The third-order valence-corrected chi connectivity index (χ3v) is 4.16. The Morgan fingerprint density at radius 3 is 2.67 bits per heavy atom. The normalized spacial score (nSPS) is 10.9. The first-order valence-electron chi connectivity index (χ1n) is 7.28. The molecule has 0 aromatic carbocycles. The van der Waals surface area contributed by atoms with Crippen LogP contribution in [-0.4, -0.2) is 31.3 Å². The lowest BCUT2D eigenvalue weighted by Crippen LogP contribution is -2.09. The van der Waals surface area contributed by atoms with Gasteiger partial charge in [0.1, 0.15) is 23.0 Å². The zero-order chi connectivity index (χ0) is 15.2. The lowest BCUT2D eigenvalue weighted by Gasteiger charge is -2.13. The van der Waals surface area contributed by atoms with E-state index >= 15 is 0 Å². The summed E-state index contributed by atoms with van der Waals surface area (Å²) in [6.45, 7) is 7.24. The number of nitrogens with zero attached hydrogens (tertiary/aromatic N) is 5. The summed E-state index contributed by atoms with van der Waals surface area (Å²) in [4.78, 5) is 13.6. The van der Waals surface area contributed by atoms with Crippen LogP contribution in [0.25, 0.3) is 0 Å². The number of aryl methyl sites for hydroxylation is 2. The minimum atomic E-state index is 0.834. The fourth-order valence-electron chi connectivity index (χ4n) is 1.86. The quantitative estimate of drug-likeness (QED) is 0.793. The van der Waals surface area contributed by atoms with E-state index in [2.05, 4.69) is 39.2 Å². The summed E-state index contributed by atoms with van der Waals surface area (Å²) >= 11 is 1.53. The molecule has 0 amide bonds. The first kappa shape index (κ1) is 15.8. The highest BCUT2D eigenvalue weighted by atomic mass is 32.2. The van der Waals surface area contributed by atoms with Crippen LogP contribution in [0.1, 0.15) is 38.1 Å². The average molecular weight is 306 g/mol. The SMILES string of the molecule is CCCNc1nc(CCC)nc(Sc2ncnn2C)c1C. The van der Waals surface area contributed by atoms with Crippen molar-refractivity contribution in [2.75, 3.05) is 11.9 Å². The maximum Gasteiger partial charge on any atom is 0.192 e. The van der Waals surface area contributed by atoms with Gasteiger partial charge in [-0.2, -0.15) is 5.10 Å². The molecule has 0 aliphatic carbocycles. The Morgan fingerprint density at radius 2 is 2.05 bits per heavy atom. The van der Waals surface area contributed by atoms with Crippen LogP contribution in [0, 0.1) is 6.92 Å². The first-order chi connectivity index (χ1) is 10.2. The van der Waals surface area contributed by atoms with Crippen molar-refractivity contribution in [1.29, 1.82) is 0 Å². The molecule has 1 N–H and O–H groups in total. The summed E-state index contributed by atoms with van der Waals surface area (Å²) in [5.41, 5.74) is 1.07. The zero-order valence-electron chi connectivity index (χ0n) is 13.1. The van der Waals surface area contributed by atoms with Crippen LogP contribution in [-0.2, 0) is 13.5 Å². The number of aromatic nitrogens is 5. The van der Waals surface area contributed by atoms with Crippen molar-refractivity contribution in [3.05, 3.63) is 17.7 Å². The van der Waals surface area contributed by atoms with E-state index in [1.807, 2.05) is 14.0 Å². The molecule has 0 saturated carbocycles. The topological polar surface area (TPSA) is 68.5 Å². The summed E-state index contributed by atoms with van der Waals surface area (Å²) in [7, 11) is 1.88. The van der Waals surface area contributed by atoms with Crippen molar-refractivity contribution in [3.8, 4) is 0 Å². The Bertz CT molecular complexity index is 595. The summed E-state index contributed by atoms with van der Waals surface area (Å²) in [5.74, 6) is 1.81. The molecule has 0 unspecified atom stereocenters. The largest absolute Gasteiger partial charge is 0.370 e. The van der Waals surface area contributed by atoms with Gasteiger partial charge in [-0.1, -0.05) is 13.8 Å². The molecule has 0 bridgehead atoms. The second-order valence-electron chi connectivity index (χ2n) is 4.86. The van der Waals surface area contributed by atoms with E-state index in [4.69, 9.17) is 0 Å². The van der Waals surface area contributed by atoms with Crippen LogP contribution in [0.15, 0.2) is 16.5 Å². The first-order valence-corrected chi connectivity index (χ1v) is 8.10. The fourth-order valence-corrected chi connectivity index (χ4v) is 2.71. The van der Waals surface area contributed by atoms with Crippen LogP contribution >= 0.6 is 11.8 Å². The van der Waals surface area contributed by atoms with E-state index in [-0.39, 0.29) is 0 Å². The smallest absolute Gasteiger partial charge is 0.192 e. The van der Waals surface area contributed by atoms with Crippen molar-refractivity contribution >= 4 is 17.6 Å². The lowest BCUT2D eigenvalue weighted by atomic mass is 10.3. The molecule has 21 heavy (non-hydrogen) atoms. The molecular weight excluding hydrogens is 284 g/mol. The van der Waals surface area contributed by atoms with Crippen molar-refractivity contribution in [3.63, 3.8) is 0 Å². The van der Waals surface area contributed by atoms with Gasteiger partial charge in [-0.3, -0.25) is 0 Å². The minimum absolute atomic E-state index is 0.834. The van der Waals surface area contributed by atoms with Gasteiger partial charge in [0.25, 0.3) is 0 Å². The Balaban J connectivity index is 2.33.